The van der Waals surface area contributed by atoms with Gasteiger partial charge < -0.3 is 5.32 Å². The summed E-state index contributed by atoms with van der Waals surface area (Å²) in [4.78, 5) is 34.5. The predicted octanol–water partition coefficient (Wildman–Crippen LogP) is 0.699. The van der Waals surface area contributed by atoms with E-state index < -0.39 is 11.9 Å². The van der Waals surface area contributed by atoms with E-state index >= 15 is 0 Å². The molecule has 0 saturated carbocycles. The Morgan fingerprint density at radius 2 is 2.10 bits per heavy atom. The number of aromatic nitrogens is 3. The topological polar surface area (TPSA) is 109 Å². The van der Waals surface area contributed by atoms with E-state index in [2.05, 4.69) is 20.8 Å². The summed E-state index contributed by atoms with van der Waals surface area (Å²) in [6, 6.07) is -0.498. The smallest absolute Gasteiger partial charge is 0.338 e. The Kier molecular flexibility index (Phi) is 7.59. The van der Waals surface area contributed by atoms with Crippen molar-refractivity contribution in [2.75, 3.05) is 12.3 Å². The SMILES string of the molecule is CCCCNC(=O)NC(=O)CSc1n[nH]c(=O)n1CCC. The molecule has 0 saturated heterocycles. The average molecular weight is 315 g/mol. The first-order chi connectivity index (χ1) is 10.1. The molecule has 0 aliphatic rings. The number of hydrogen-bond acceptors (Lipinski definition) is 5. The van der Waals surface area contributed by atoms with E-state index in [4.69, 9.17) is 0 Å². The van der Waals surface area contributed by atoms with Crippen LogP contribution in [0.5, 0.6) is 0 Å². The van der Waals surface area contributed by atoms with Crippen molar-refractivity contribution in [2.24, 2.45) is 0 Å². The highest BCUT2D eigenvalue weighted by molar-refractivity contribution is 7.99. The minimum absolute atomic E-state index is 0.0230. The normalized spacial score (nSPS) is 10.4. The van der Waals surface area contributed by atoms with Crippen LogP contribution in [0.4, 0.5) is 4.79 Å². The molecule has 3 amide bonds. The number of hydrogen-bond donors (Lipinski definition) is 3. The number of thioether (sulfide) groups is 1. The van der Waals surface area contributed by atoms with Crippen LogP contribution in [0.15, 0.2) is 9.95 Å². The molecule has 0 fully saturated rings. The van der Waals surface area contributed by atoms with Crippen LogP contribution in [0.2, 0.25) is 0 Å². The van der Waals surface area contributed by atoms with Crippen molar-refractivity contribution in [3.05, 3.63) is 10.5 Å². The van der Waals surface area contributed by atoms with Gasteiger partial charge in [-0.25, -0.2) is 14.7 Å². The summed E-state index contributed by atoms with van der Waals surface area (Å²) in [5, 5.41) is 11.5. The van der Waals surface area contributed by atoms with Crippen LogP contribution >= 0.6 is 11.8 Å². The van der Waals surface area contributed by atoms with Crippen molar-refractivity contribution in [1.29, 1.82) is 0 Å². The van der Waals surface area contributed by atoms with Gasteiger partial charge in [-0.2, -0.15) is 0 Å². The number of carbonyl (C=O) groups is 2. The minimum Gasteiger partial charge on any atom is -0.338 e. The molecule has 3 N–H and O–H groups in total. The fourth-order valence-electron chi connectivity index (χ4n) is 1.55. The van der Waals surface area contributed by atoms with Gasteiger partial charge in [0.1, 0.15) is 0 Å². The number of carbonyl (C=O) groups excluding carboxylic acids is 2. The third-order valence-corrected chi connectivity index (χ3v) is 3.55. The second kappa shape index (κ2) is 9.22. The second-order valence-corrected chi connectivity index (χ2v) is 5.35. The minimum atomic E-state index is -0.498. The van der Waals surface area contributed by atoms with Gasteiger partial charge in [0.15, 0.2) is 5.16 Å². The number of H-pyrrole nitrogens is 1. The fraction of sp³-hybridized carbons (Fsp3) is 0.667. The van der Waals surface area contributed by atoms with E-state index in [-0.39, 0.29) is 11.4 Å². The average Bonchev–Trinajstić information content (AvgIpc) is 2.78. The molecule has 0 aromatic carbocycles. The van der Waals surface area contributed by atoms with Crippen LogP contribution in [-0.4, -0.2) is 39.0 Å². The Morgan fingerprint density at radius 3 is 2.76 bits per heavy atom. The molecule has 0 aliphatic carbocycles. The Hall–Kier alpha value is -1.77. The number of imide groups is 1. The Balaban J connectivity index is 2.39. The largest absolute Gasteiger partial charge is 0.343 e. The molecule has 1 rings (SSSR count). The molecule has 8 nitrogen and oxygen atoms in total. The molecule has 0 radical (unpaired) electrons. The van der Waals surface area contributed by atoms with Gasteiger partial charge in [0.2, 0.25) is 5.91 Å². The molecular weight excluding hydrogens is 294 g/mol. The highest BCUT2D eigenvalue weighted by Gasteiger charge is 2.12. The highest BCUT2D eigenvalue weighted by Crippen LogP contribution is 2.12. The molecule has 118 valence electrons. The van der Waals surface area contributed by atoms with Crippen LogP contribution < -0.4 is 16.3 Å². The predicted molar refractivity (Wildman–Crippen MR) is 80.3 cm³/mol. The monoisotopic (exact) mass is 315 g/mol. The van der Waals surface area contributed by atoms with Crippen molar-refractivity contribution in [3.63, 3.8) is 0 Å². The number of unbranched alkanes of at least 4 members (excludes halogenated alkanes) is 1. The third kappa shape index (κ3) is 6.03. The zero-order valence-electron chi connectivity index (χ0n) is 12.3. The summed E-state index contributed by atoms with van der Waals surface area (Å²) >= 11 is 1.11. The van der Waals surface area contributed by atoms with Crippen molar-refractivity contribution >= 4 is 23.7 Å². The Bertz CT molecular complexity index is 525. The van der Waals surface area contributed by atoms with E-state index in [1.165, 1.54) is 4.57 Å². The van der Waals surface area contributed by atoms with Crippen LogP contribution in [0.3, 0.4) is 0 Å². The first-order valence-electron chi connectivity index (χ1n) is 6.94. The summed E-state index contributed by atoms with van der Waals surface area (Å²) in [6.07, 6.45) is 2.63. The maximum atomic E-state index is 11.6. The summed E-state index contributed by atoms with van der Waals surface area (Å²) < 4.78 is 1.47. The van der Waals surface area contributed by atoms with Gasteiger partial charge in [-0.1, -0.05) is 32.0 Å². The lowest BCUT2D eigenvalue weighted by Crippen LogP contribution is -2.40. The molecule has 0 unspecified atom stereocenters. The number of amides is 3. The number of rotatable bonds is 8. The van der Waals surface area contributed by atoms with E-state index in [0.29, 0.717) is 18.2 Å². The molecule has 0 spiro atoms. The molecule has 1 aromatic rings. The quantitative estimate of drug-likeness (QED) is 0.483. The zero-order valence-corrected chi connectivity index (χ0v) is 13.1. The van der Waals surface area contributed by atoms with Gasteiger partial charge in [-0.05, 0) is 12.8 Å². The van der Waals surface area contributed by atoms with E-state index in [1.807, 2.05) is 13.8 Å². The number of nitrogens with zero attached hydrogens (tertiary/aromatic N) is 2. The van der Waals surface area contributed by atoms with Crippen LogP contribution in [0.1, 0.15) is 33.1 Å². The molecule has 21 heavy (non-hydrogen) atoms. The zero-order chi connectivity index (χ0) is 15.7. The lowest BCUT2D eigenvalue weighted by molar-refractivity contribution is -0.117. The van der Waals surface area contributed by atoms with Gasteiger partial charge in [0.05, 0.1) is 5.75 Å². The maximum Gasteiger partial charge on any atom is 0.343 e. The number of aromatic amines is 1. The molecule has 1 heterocycles. The van der Waals surface area contributed by atoms with E-state index in [0.717, 1.165) is 31.0 Å². The standard InChI is InChI=1S/C12H21N5O3S/c1-3-5-6-13-10(19)14-9(18)8-21-12-16-15-11(20)17(12)7-4-2/h3-8H2,1-2H3,(H,15,20)(H2,13,14,18,19). The molecule has 1 aromatic heterocycles. The summed E-state index contributed by atoms with van der Waals surface area (Å²) in [6.45, 7) is 5.04. The molecule has 9 heteroatoms. The van der Waals surface area contributed by atoms with Crippen molar-refractivity contribution in [3.8, 4) is 0 Å². The van der Waals surface area contributed by atoms with Gasteiger partial charge in [0, 0.05) is 13.1 Å². The molecule has 0 atom stereocenters. The van der Waals surface area contributed by atoms with Crippen molar-refractivity contribution in [2.45, 2.75) is 44.8 Å². The first-order valence-corrected chi connectivity index (χ1v) is 7.92. The van der Waals surface area contributed by atoms with Crippen LogP contribution in [0, 0.1) is 0 Å². The first kappa shape index (κ1) is 17.3. The lowest BCUT2D eigenvalue weighted by atomic mass is 10.3. The van der Waals surface area contributed by atoms with Crippen LogP contribution in [-0.2, 0) is 11.3 Å². The van der Waals surface area contributed by atoms with E-state index in [9.17, 15) is 14.4 Å². The third-order valence-electron chi connectivity index (χ3n) is 2.57. The van der Waals surface area contributed by atoms with Crippen molar-refractivity contribution < 1.29 is 9.59 Å². The lowest BCUT2D eigenvalue weighted by Gasteiger charge is -2.06. The molecule has 0 aliphatic heterocycles. The van der Waals surface area contributed by atoms with Gasteiger partial charge >= 0.3 is 11.7 Å². The fourth-order valence-corrected chi connectivity index (χ4v) is 2.32. The maximum absolute atomic E-state index is 11.6. The van der Waals surface area contributed by atoms with Crippen LogP contribution in [0.25, 0.3) is 0 Å². The van der Waals surface area contributed by atoms with Gasteiger partial charge in [0.25, 0.3) is 0 Å². The van der Waals surface area contributed by atoms with Gasteiger partial charge in [-0.15, -0.1) is 5.10 Å². The number of nitrogens with one attached hydrogen (secondary N) is 3. The highest BCUT2D eigenvalue weighted by atomic mass is 32.2. The second-order valence-electron chi connectivity index (χ2n) is 4.41. The van der Waals surface area contributed by atoms with E-state index in [1.54, 1.807) is 0 Å². The summed E-state index contributed by atoms with van der Waals surface area (Å²) in [5.41, 5.74) is -0.294. The van der Waals surface area contributed by atoms with Crippen molar-refractivity contribution in [1.82, 2.24) is 25.4 Å². The summed E-state index contributed by atoms with van der Waals surface area (Å²) in [7, 11) is 0. The molecular formula is C12H21N5O3S. The Labute approximate surface area is 127 Å². The molecule has 0 bridgehead atoms. The summed E-state index contributed by atoms with van der Waals surface area (Å²) in [5.74, 6) is -0.401. The number of urea groups is 1. The van der Waals surface area contributed by atoms with Gasteiger partial charge in [-0.3, -0.25) is 14.7 Å². The Morgan fingerprint density at radius 1 is 1.33 bits per heavy atom.